The highest BCUT2D eigenvalue weighted by molar-refractivity contribution is 5.97. The fourth-order valence-corrected chi connectivity index (χ4v) is 0.807. The van der Waals surface area contributed by atoms with E-state index in [-0.39, 0.29) is 5.84 Å². The Bertz CT molecular complexity index is 306. The number of nitrogens with zero attached hydrogens (tertiary/aromatic N) is 1. The van der Waals surface area contributed by atoms with Crippen molar-refractivity contribution in [1.29, 1.82) is 0 Å². The highest BCUT2D eigenvalue weighted by Gasteiger charge is 1.96. The minimum Gasteiger partial charge on any atom is -0.400 e. The Morgan fingerprint density at radius 1 is 1.36 bits per heavy atom. The normalized spacial score (nSPS) is 10.0. The first-order valence-electron chi connectivity index (χ1n) is 3.81. The largest absolute Gasteiger partial charge is 0.400 e. The number of carbonyl (C=O) groups is 1. The van der Waals surface area contributed by atoms with Crippen LogP contribution in [0.5, 0.6) is 0 Å². The van der Waals surface area contributed by atoms with E-state index in [0.717, 1.165) is 13.4 Å². The van der Waals surface area contributed by atoms with Gasteiger partial charge in [-0.3, -0.25) is 4.79 Å². The van der Waals surface area contributed by atoms with E-state index in [9.17, 15) is 4.79 Å². The van der Waals surface area contributed by atoms with Crippen LogP contribution in [0.3, 0.4) is 0 Å². The molecule has 5 nitrogen and oxygen atoms in total. The summed E-state index contributed by atoms with van der Waals surface area (Å²) < 4.78 is 0. The van der Waals surface area contributed by atoms with Gasteiger partial charge in [-0.2, -0.15) is 5.10 Å². The summed E-state index contributed by atoms with van der Waals surface area (Å²) >= 11 is 0. The lowest BCUT2D eigenvalue weighted by atomic mass is 10.1. The van der Waals surface area contributed by atoms with Gasteiger partial charge >= 0.3 is 0 Å². The van der Waals surface area contributed by atoms with Crippen LogP contribution in [0.25, 0.3) is 0 Å². The van der Waals surface area contributed by atoms with Crippen molar-refractivity contribution < 1.29 is 9.90 Å². The van der Waals surface area contributed by atoms with Crippen LogP contribution in [0.15, 0.2) is 29.4 Å². The number of hydrogen-bond donors (Lipinski definition) is 3. The Morgan fingerprint density at radius 3 is 2.21 bits per heavy atom. The smallest absolute Gasteiger partial charge is 0.150 e. The molecular weight excluding hydrogens is 182 g/mol. The van der Waals surface area contributed by atoms with Crippen LogP contribution in [0.2, 0.25) is 0 Å². The summed E-state index contributed by atoms with van der Waals surface area (Å²) in [4.78, 5) is 10.3. The molecule has 0 aromatic heterocycles. The van der Waals surface area contributed by atoms with Gasteiger partial charge in [0.15, 0.2) is 0 Å². The van der Waals surface area contributed by atoms with Crippen molar-refractivity contribution in [2.75, 3.05) is 7.11 Å². The topological polar surface area (TPSA) is 102 Å². The van der Waals surface area contributed by atoms with Crippen LogP contribution in [-0.2, 0) is 0 Å². The third-order valence-corrected chi connectivity index (χ3v) is 1.48. The lowest BCUT2D eigenvalue weighted by Gasteiger charge is -1.97. The minimum atomic E-state index is 0.257. The number of aldehydes is 1. The molecule has 1 rings (SSSR count). The van der Waals surface area contributed by atoms with Gasteiger partial charge in [0, 0.05) is 18.2 Å². The molecule has 14 heavy (non-hydrogen) atoms. The van der Waals surface area contributed by atoms with E-state index in [1.165, 1.54) is 0 Å². The van der Waals surface area contributed by atoms with Crippen molar-refractivity contribution >= 4 is 12.1 Å². The molecule has 0 atom stereocenters. The zero-order chi connectivity index (χ0) is 11.0. The molecule has 0 amide bonds. The van der Waals surface area contributed by atoms with Gasteiger partial charge in [0.2, 0.25) is 0 Å². The van der Waals surface area contributed by atoms with Gasteiger partial charge in [-0.15, -0.1) is 0 Å². The Kier molecular flexibility index (Phi) is 5.73. The minimum absolute atomic E-state index is 0.257. The average Bonchev–Trinajstić information content (AvgIpc) is 2.31. The van der Waals surface area contributed by atoms with Crippen LogP contribution < -0.4 is 11.6 Å². The summed E-state index contributed by atoms with van der Waals surface area (Å²) in [5.41, 5.74) is 6.73. The fourth-order valence-electron chi connectivity index (χ4n) is 0.807. The van der Waals surface area contributed by atoms with Gasteiger partial charge in [-0.25, -0.2) is 0 Å². The molecule has 0 radical (unpaired) electrons. The van der Waals surface area contributed by atoms with Gasteiger partial charge in [0.1, 0.15) is 12.1 Å². The number of aliphatic hydroxyl groups is 1. The van der Waals surface area contributed by atoms with E-state index in [2.05, 4.69) is 5.10 Å². The predicted molar refractivity (Wildman–Crippen MR) is 54.9 cm³/mol. The molecule has 76 valence electrons. The van der Waals surface area contributed by atoms with E-state index in [1.54, 1.807) is 24.3 Å². The molecule has 0 aliphatic heterocycles. The molecule has 0 spiro atoms. The Hall–Kier alpha value is -1.88. The molecule has 0 saturated carbocycles. The number of rotatable bonds is 2. The molecule has 5 N–H and O–H groups in total. The van der Waals surface area contributed by atoms with E-state index < -0.39 is 0 Å². The second kappa shape index (κ2) is 6.62. The maximum absolute atomic E-state index is 10.3. The third kappa shape index (κ3) is 3.24. The number of amidine groups is 1. The van der Waals surface area contributed by atoms with Crippen molar-refractivity contribution in [2.45, 2.75) is 0 Å². The second-order valence-electron chi connectivity index (χ2n) is 2.25. The lowest BCUT2D eigenvalue weighted by Crippen LogP contribution is -2.15. The molecule has 0 aliphatic carbocycles. The number of carbonyl (C=O) groups excluding carboxylic acids is 1. The van der Waals surface area contributed by atoms with E-state index in [4.69, 9.17) is 16.7 Å². The molecule has 0 fully saturated rings. The summed E-state index contributed by atoms with van der Waals surface area (Å²) in [7, 11) is 1.00. The molecule has 0 aliphatic rings. The molecule has 5 heteroatoms. The Labute approximate surface area is 82.0 Å². The average molecular weight is 195 g/mol. The van der Waals surface area contributed by atoms with Gasteiger partial charge in [-0.1, -0.05) is 24.3 Å². The fraction of sp³-hybridized carbons (Fsp3) is 0.111. The van der Waals surface area contributed by atoms with Crippen LogP contribution in [0.1, 0.15) is 15.9 Å². The quantitative estimate of drug-likeness (QED) is 0.198. The number of hydrogen-bond acceptors (Lipinski definition) is 4. The molecule has 1 aromatic rings. The number of aliphatic hydroxyl groups excluding tert-OH is 1. The monoisotopic (exact) mass is 195 g/mol. The number of hydrazone groups is 1. The molecule has 0 bridgehead atoms. The van der Waals surface area contributed by atoms with Crippen molar-refractivity contribution in [3.05, 3.63) is 35.4 Å². The third-order valence-electron chi connectivity index (χ3n) is 1.48. The van der Waals surface area contributed by atoms with Crippen molar-refractivity contribution in [3.8, 4) is 0 Å². The van der Waals surface area contributed by atoms with Crippen molar-refractivity contribution in [2.24, 2.45) is 16.7 Å². The zero-order valence-corrected chi connectivity index (χ0v) is 7.84. The molecular formula is C9H13N3O2. The Balaban J connectivity index is 0.000000791. The first kappa shape index (κ1) is 12.1. The second-order valence-corrected chi connectivity index (χ2v) is 2.25. The lowest BCUT2D eigenvalue weighted by molar-refractivity contribution is 0.112. The maximum Gasteiger partial charge on any atom is 0.150 e. The van der Waals surface area contributed by atoms with Gasteiger partial charge < -0.3 is 16.7 Å². The van der Waals surface area contributed by atoms with Gasteiger partial charge in [-0.05, 0) is 0 Å². The van der Waals surface area contributed by atoms with E-state index in [1.807, 2.05) is 0 Å². The van der Waals surface area contributed by atoms with E-state index in [0.29, 0.717) is 11.1 Å². The Morgan fingerprint density at radius 2 is 1.86 bits per heavy atom. The highest BCUT2D eigenvalue weighted by atomic mass is 16.2. The van der Waals surface area contributed by atoms with Crippen LogP contribution in [0, 0.1) is 0 Å². The first-order valence-corrected chi connectivity index (χ1v) is 3.81. The van der Waals surface area contributed by atoms with Crippen LogP contribution in [-0.4, -0.2) is 24.3 Å². The highest BCUT2D eigenvalue weighted by Crippen LogP contribution is 2.01. The van der Waals surface area contributed by atoms with Crippen LogP contribution >= 0.6 is 0 Å². The summed E-state index contributed by atoms with van der Waals surface area (Å²) in [5.74, 6) is 5.22. The van der Waals surface area contributed by atoms with Crippen molar-refractivity contribution in [3.63, 3.8) is 0 Å². The van der Waals surface area contributed by atoms with Gasteiger partial charge in [0.25, 0.3) is 0 Å². The number of benzene rings is 1. The first-order chi connectivity index (χ1) is 6.77. The zero-order valence-electron chi connectivity index (χ0n) is 7.84. The maximum atomic E-state index is 10.3. The summed E-state index contributed by atoms with van der Waals surface area (Å²) in [6.07, 6.45) is 0.763. The summed E-state index contributed by atoms with van der Waals surface area (Å²) in [5, 5.41) is 10.3. The summed E-state index contributed by atoms with van der Waals surface area (Å²) in [6.45, 7) is 0. The predicted octanol–water partition coefficient (Wildman–Crippen LogP) is -0.313. The molecule has 0 unspecified atom stereocenters. The van der Waals surface area contributed by atoms with Crippen molar-refractivity contribution in [1.82, 2.24) is 0 Å². The standard InChI is InChI=1S/C8H9N3O.CH4O/c9-8(11-10)7-3-1-6(5-12)2-4-7;1-2/h1-5H,10H2,(H2,9,11);2H,1H3. The summed E-state index contributed by atoms with van der Waals surface area (Å²) in [6, 6.07) is 6.69. The molecule has 0 heterocycles. The molecule has 0 saturated heterocycles. The molecule has 1 aromatic carbocycles. The van der Waals surface area contributed by atoms with E-state index >= 15 is 0 Å². The van der Waals surface area contributed by atoms with Crippen LogP contribution in [0.4, 0.5) is 0 Å². The number of nitrogens with two attached hydrogens (primary N) is 2. The SMILES string of the molecule is CO.N/N=C(\N)c1ccc(C=O)cc1. The van der Waals surface area contributed by atoms with Gasteiger partial charge in [0.05, 0.1) is 0 Å².